The molecule has 5 heteroatoms. The standard InChI is InChI=1S/C13H20N2O3/c1-13(12(17)18,7-2-3-7)15-11(16)9-6-8-4-5-10(9)14-8/h7-10,14H,2-6H2,1H3,(H,15,16)(H,17,18). The van der Waals surface area contributed by atoms with Gasteiger partial charge in [0.2, 0.25) is 5.91 Å². The second kappa shape index (κ2) is 3.95. The maximum atomic E-state index is 12.3. The zero-order valence-electron chi connectivity index (χ0n) is 10.6. The first-order chi connectivity index (χ1) is 8.50. The molecule has 1 aliphatic carbocycles. The van der Waals surface area contributed by atoms with Gasteiger partial charge in [0.15, 0.2) is 0 Å². The first-order valence-corrected chi connectivity index (χ1v) is 6.82. The molecular weight excluding hydrogens is 232 g/mol. The summed E-state index contributed by atoms with van der Waals surface area (Å²) in [6.07, 6.45) is 4.84. The van der Waals surface area contributed by atoms with Crippen LogP contribution in [0.15, 0.2) is 0 Å². The van der Waals surface area contributed by atoms with E-state index < -0.39 is 11.5 Å². The summed E-state index contributed by atoms with van der Waals surface area (Å²) in [6.45, 7) is 1.64. The molecule has 2 aliphatic heterocycles. The van der Waals surface area contributed by atoms with Gasteiger partial charge in [0.1, 0.15) is 5.54 Å². The number of nitrogens with one attached hydrogen (secondary N) is 2. The molecule has 1 saturated carbocycles. The van der Waals surface area contributed by atoms with Gasteiger partial charge in [0.25, 0.3) is 0 Å². The third kappa shape index (κ3) is 1.81. The molecule has 2 bridgehead atoms. The van der Waals surface area contributed by atoms with Gasteiger partial charge in [-0.05, 0) is 44.9 Å². The molecule has 0 aromatic heterocycles. The number of hydrogen-bond donors (Lipinski definition) is 3. The van der Waals surface area contributed by atoms with Crippen LogP contribution in [0.25, 0.3) is 0 Å². The average Bonchev–Trinajstić information content (AvgIpc) is 2.98. The van der Waals surface area contributed by atoms with E-state index >= 15 is 0 Å². The smallest absolute Gasteiger partial charge is 0.329 e. The van der Waals surface area contributed by atoms with Gasteiger partial charge in [-0.3, -0.25) is 4.79 Å². The monoisotopic (exact) mass is 252 g/mol. The van der Waals surface area contributed by atoms with E-state index in [1.165, 1.54) is 0 Å². The maximum absolute atomic E-state index is 12.3. The zero-order valence-corrected chi connectivity index (χ0v) is 10.6. The van der Waals surface area contributed by atoms with Crippen LogP contribution in [0.3, 0.4) is 0 Å². The van der Waals surface area contributed by atoms with E-state index in [-0.39, 0.29) is 23.8 Å². The summed E-state index contributed by atoms with van der Waals surface area (Å²) in [6, 6.07) is 0.718. The first kappa shape index (κ1) is 12.0. The number of hydrogen-bond acceptors (Lipinski definition) is 3. The molecule has 5 nitrogen and oxygen atoms in total. The molecular formula is C13H20N2O3. The summed E-state index contributed by atoms with van der Waals surface area (Å²) in [4.78, 5) is 23.7. The third-order valence-electron chi connectivity index (χ3n) is 4.86. The van der Waals surface area contributed by atoms with Crippen molar-refractivity contribution in [3.05, 3.63) is 0 Å². The molecule has 2 heterocycles. The predicted molar refractivity (Wildman–Crippen MR) is 65.0 cm³/mol. The van der Waals surface area contributed by atoms with E-state index in [0.29, 0.717) is 6.04 Å². The minimum absolute atomic E-state index is 0.0406. The van der Waals surface area contributed by atoms with Gasteiger partial charge in [0.05, 0.1) is 5.92 Å². The molecule has 18 heavy (non-hydrogen) atoms. The Hall–Kier alpha value is -1.10. The molecule has 0 radical (unpaired) electrons. The highest BCUT2D eigenvalue weighted by Gasteiger charge is 2.51. The second-order valence-corrected chi connectivity index (χ2v) is 6.16. The lowest BCUT2D eigenvalue weighted by molar-refractivity contribution is -0.148. The van der Waals surface area contributed by atoms with E-state index in [1.54, 1.807) is 6.92 Å². The summed E-state index contributed by atoms with van der Waals surface area (Å²) in [5, 5.41) is 15.5. The Morgan fingerprint density at radius 1 is 1.28 bits per heavy atom. The fourth-order valence-corrected chi connectivity index (χ4v) is 3.45. The minimum Gasteiger partial charge on any atom is -0.480 e. The van der Waals surface area contributed by atoms with Crippen LogP contribution in [-0.2, 0) is 9.59 Å². The van der Waals surface area contributed by atoms with Crippen LogP contribution >= 0.6 is 0 Å². The van der Waals surface area contributed by atoms with Crippen LogP contribution < -0.4 is 10.6 Å². The third-order valence-corrected chi connectivity index (χ3v) is 4.86. The fourth-order valence-electron chi connectivity index (χ4n) is 3.45. The van der Waals surface area contributed by atoms with Crippen LogP contribution in [0.5, 0.6) is 0 Å². The Balaban J connectivity index is 1.68. The second-order valence-electron chi connectivity index (χ2n) is 6.16. The summed E-state index contributed by atoms with van der Waals surface area (Å²) in [5.74, 6) is -0.923. The number of fused-ring (bicyclic) bond motifs is 2. The van der Waals surface area contributed by atoms with Crippen molar-refractivity contribution in [2.24, 2.45) is 11.8 Å². The number of amides is 1. The van der Waals surface area contributed by atoms with E-state index in [2.05, 4.69) is 10.6 Å². The van der Waals surface area contributed by atoms with Crippen molar-refractivity contribution in [3.63, 3.8) is 0 Å². The predicted octanol–water partition coefficient (Wildman–Crippen LogP) is 0.496. The molecule has 1 amide bonds. The van der Waals surface area contributed by atoms with Crippen molar-refractivity contribution >= 4 is 11.9 Å². The molecule has 100 valence electrons. The Kier molecular flexibility index (Phi) is 2.62. The molecule has 0 aromatic carbocycles. The fraction of sp³-hybridized carbons (Fsp3) is 0.846. The van der Waals surface area contributed by atoms with Gasteiger partial charge in [-0.15, -0.1) is 0 Å². The topological polar surface area (TPSA) is 78.4 Å². The van der Waals surface area contributed by atoms with Crippen LogP contribution in [-0.4, -0.2) is 34.6 Å². The van der Waals surface area contributed by atoms with Crippen molar-refractivity contribution in [2.45, 2.75) is 56.7 Å². The van der Waals surface area contributed by atoms with Gasteiger partial charge in [0, 0.05) is 12.1 Å². The van der Waals surface area contributed by atoms with Gasteiger partial charge in [-0.25, -0.2) is 4.79 Å². The number of rotatable bonds is 4. The Bertz CT molecular complexity index is 394. The van der Waals surface area contributed by atoms with Crippen molar-refractivity contribution in [1.82, 2.24) is 10.6 Å². The van der Waals surface area contributed by atoms with Gasteiger partial charge in [-0.1, -0.05) is 0 Å². The largest absolute Gasteiger partial charge is 0.480 e. The van der Waals surface area contributed by atoms with Crippen molar-refractivity contribution < 1.29 is 14.7 Å². The summed E-state index contributed by atoms with van der Waals surface area (Å²) >= 11 is 0. The average molecular weight is 252 g/mol. The number of carboxylic acids is 1. The highest BCUT2D eigenvalue weighted by atomic mass is 16.4. The number of carbonyl (C=O) groups is 2. The Morgan fingerprint density at radius 2 is 2.00 bits per heavy atom. The van der Waals surface area contributed by atoms with Gasteiger partial charge >= 0.3 is 5.97 Å². The molecule has 3 rings (SSSR count). The Labute approximate surface area is 106 Å². The summed E-state index contributed by atoms with van der Waals surface area (Å²) in [5.41, 5.74) is -1.07. The zero-order chi connectivity index (χ0) is 12.9. The lowest BCUT2D eigenvalue weighted by Crippen LogP contribution is -2.56. The molecule has 0 aromatic rings. The molecule has 4 unspecified atom stereocenters. The van der Waals surface area contributed by atoms with Crippen molar-refractivity contribution in [2.75, 3.05) is 0 Å². The van der Waals surface area contributed by atoms with Crippen LogP contribution in [0, 0.1) is 11.8 Å². The molecule has 3 N–H and O–H groups in total. The molecule has 3 fully saturated rings. The highest BCUT2D eigenvalue weighted by Crippen LogP contribution is 2.41. The normalized spacial score (nSPS) is 37.3. The SMILES string of the molecule is CC(NC(=O)C1CC2CCC1N2)(C(=O)O)C1CC1. The highest BCUT2D eigenvalue weighted by molar-refractivity contribution is 5.89. The lowest BCUT2D eigenvalue weighted by atomic mass is 9.87. The van der Waals surface area contributed by atoms with Crippen LogP contribution in [0.1, 0.15) is 39.0 Å². The van der Waals surface area contributed by atoms with E-state index in [4.69, 9.17) is 0 Å². The van der Waals surface area contributed by atoms with Crippen molar-refractivity contribution in [3.8, 4) is 0 Å². The van der Waals surface area contributed by atoms with Crippen LogP contribution in [0.4, 0.5) is 0 Å². The quantitative estimate of drug-likeness (QED) is 0.680. The first-order valence-electron chi connectivity index (χ1n) is 6.82. The molecule has 4 atom stereocenters. The van der Waals surface area contributed by atoms with E-state index in [9.17, 15) is 14.7 Å². The van der Waals surface area contributed by atoms with E-state index in [0.717, 1.165) is 32.1 Å². The van der Waals surface area contributed by atoms with Gasteiger partial charge in [-0.2, -0.15) is 0 Å². The van der Waals surface area contributed by atoms with Crippen LogP contribution in [0.2, 0.25) is 0 Å². The van der Waals surface area contributed by atoms with Gasteiger partial charge < -0.3 is 15.7 Å². The molecule has 2 saturated heterocycles. The number of aliphatic carboxylic acids is 1. The Morgan fingerprint density at radius 3 is 2.44 bits per heavy atom. The molecule has 0 spiro atoms. The number of carboxylic acid groups (broad SMARTS) is 1. The minimum atomic E-state index is -1.07. The van der Waals surface area contributed by atoms with E-state index in [1.807, 2.05) is 0 Å². The summed E-state index contributed by atoms with van der Waals surface area (Å²) in [7, 11) is 0. The number of carbonyl (C=O) groups excluding carboxylic acids is 1. The maximum Gasteiger partial charge on any atom is 0.329 e. The molecule has 3 aliphatic rings. The van der Waals surface area contributed by atoms with Crippen molar-refractivity contribution in [1.29, 1.82) is 0 Å². The lowest BCUT2D eigenvalue weighted by Gasteiger charge is -2.29. The summed E-state index contributed by atoms with van der Waals surface area (Å²) < 4.78 is 0.